The van der Waals surface area contributed by atoms with Crippen molar-refractivity contribution in [2.24, 2.45) is 0 Å². The van der Waals surface area contributed by atoms with Gasteiger partial charge in [-0.05, 0) is 124 Å². The van der Waals surface area contributed by atoms with Crippen molar-refractivity contribution in [3.05, 3.63) is 118 Å². The minimum Gasteiger partial charge on any atom is -0.509 e. The third-order valence-electron chi connectivity index (χ3n) is 9.51. The first kappa shape index (κ1) is 35.0. The van der Waals surface area contributed by atoms with Gasteiger partial charge in [-0.15, -0.1) is 40.8 Å². The number of benzene rings is 4. The van der Waals surface area contributed by atoms with Crippen LogP contribution in [0.2, 0.25) is 0 Å². The van der Waals surface area contributed by atoms with E-state index in [0.717, 1.165) is 44.3 Å². The molecule has 0 aliphatic carbocycles. The number of aromatic nitrogens is 4. The van der Waals surface area contributed by atoms with Gasteiger partial charge >= 0.3 is 21.1 Å². The number of nitrogens with zero attached hydrogens (tertiary/aromatic N) is 4. The normalized spacial score (nSPS) is 11.2. The Balaban J connectivity index is 0.00000432. The maximum Gasteiger partial charge on any atom is 2.00 e. The van der Waals surface area contributed by atoms with Crippen LogP contribution in [-0.2, 0) is 21.1 Å². The first-order valence-corrected chi connectivity index (χ1v) is 16.8. The summed E-state index contributed by atoms with van der Waals surface area (Å²) in [5.41, 5.74) is 11.9. The summed E-state index contributed by atoms with van der Waals surface area (Å²) in [4.78, 5) is 4.70. The molecule has 3 aromatic heterocycles. The molecule has 0 saturated heterocycles. The van der Waals surface area contributed by atoms with Crippen LogP contribution in [0.25, 0.3) is 44.4 Å². The van der Waals surface area contributed by atoms with Gasteiger partial charge in [0.1, 0.15) is 11.4 Å². The van der Waals surface area contributed by atoms with Gasteiger partial charge in [0, 0.05) is 23.2 Å². The molecule has 0 aliphatic heterocycles. The summed E-state index contributed by atoms with van der Waals surface area (Å²) in [7, 11) is 0. The van der Waals surface area contributed by atoms with Crippen molar-refractivity contribution < 1.29 is 35.3 Å². The minimum atomic E-state index is 0. The molecule has 4 aromatic carbocycles. The molecule has 7 nitrogen and oxygen atoms in total. The molecule has 8 heteroatoms. The van der Waals surface area contributed by atoms with Crippen LogP contribution < -0.4 is 14.2 Å². The van der Waals surface area contributed by atoms with E-state index in [1.807, 2.05) is 56.4 Å². The Kier molecular flexibility index (Phi) is 9.91. The van der Waals surface area contributed by atoms with E-state index < -0.39 is 0 Å². The van der Waals surface area contributed by atoms with Crippen molar-refractivity contribution in [1.29, 1.82) is 0 Å². The van der Waals surface area contributed by atoms with Gasteiger partial charge in [0.05, 0.1) is 13.2 Å². The Bertz CT molecular complexity index is 2340. The Morgan fingerprint density at radius 2 is 1.38 bits per heavy atom. The van der Waals surface area contributed by atoms with Crippen LogP contribution in [0.3, 0.4) is 0 Å². The summed E-state index contributed by atoms with van der Waals surface area (Å²) < 4.78 is 22.9. The van der Waals surface area contributed by atoms with Crippen molar-refractivity contribution in [1.82, 2.24) is 19.3 Å². The zero-order valence-corrected chi connectivity index (χ0v) is 31.9. The van der Waals surface area contributed by atoms with E-state index in [1.165, 1.54) is 27.8 Å². The SMILES string of the molecule is CCOc1nn(-c2[c-]c(Oc3[c-]c4c(cc3)c3ccccc3n4-c3cc(C)ccn3)ccc2)c(OCC)c1-c1c(C)c(C)c(C)c(C)c1C.[Pt+2]. The number of para-hydroxylation sites is 1. The number of fused-ring (bicyclic) bond motifs is 3. The van der Waals surface area contributed by atoms with Crippen molar-refractivity contribution in [3.63, 3.8) is 0 Å². The Morgan fingerprint density at radius 3 is 2.10 bits per heavy atom. The average Bonchev–Trinajstić information content (AvgIpc) is 3.62. The van der Waals surface area contributed by atoms with E-state index in [4.69, 9.17) is 24.3 Å². The Hall–Kier alpha value is -4.87. The zero-order valence-electron chi connectivity index (χ0n) is 29.7. The number of ether oxygens (including phenoxy) is 3. The van der Waals surface area contributed by atoms with E-state index >= 15 is 0 Å². The number of hydrogen-bond acceptors (Lipinski definition) is 5. The van der Waals surface area contributed by atoms with Gasteiger partial charge in [-0.3, -0.25) is 0 Å². The van der Waals surface area contributed by atoms with Gasteiger partial charge in [-0.25, -0.2) is 9.67 Å². The summed E-state index contributed by atoms with van der Waals surface area (Å²) >= 11 is 0. The standard InChI is InChI=1S/C42H40N4O3.Pt/c1-9-47-41-40(39-29(7)27(5)26(4)28(6)30(39)8)42(48-10-2)46(44-41)31-14-13-15-32(23-31)49-33-18-19-35-34-16-11-12-17-36(34)45(37(35)24-33)38-22-25(3)20-21-43-38;/h11-22H,9-10H2,1-8H3;/q-2;+2. The Labute approximate surface area is 308 Å². The molecule has 0 unspecified atom stereocenters. The van der Waals surface area contributed by atoms with Crippen LogP contribution in [0.15, 0.2) is 72.9 Å². The van der Waals surface area contributed by atoms with Crippen molar-refractivity contribution in [3.8, 4) is 45.9 Å². The van der Waals surface area contributed by atoms with E-state index in [0.29, 0.717) is 42.2 Å². The predicted octanol–water partition coefficient (Wildman–Crippen LogP) is 10.1. The summed E-state index contributed by atoms with van der Waals surface area (Å²) in [5, 5.41) is 7.16. The van der Waals surface area contributed by atoms with Crippen molar-refractivity contribution in [2.75, 3.05) is 13.2 Å². The van der Waals surface area contributed by atoms with E-state index in [9.17, 15) is 0 Å². The van der Waals surface area contributed by atoms with Crippen LogP contribution in [0.1, 0.15) is 47.2 Å². The van der Waals surface area contributed by atoms with Crippen LogP contribution >= 0.6 is 0 Å². The molecule has 7 rings (SSSR count). The average molecular weight is 844 g/mol. The minimum absolute atomic E-state index is 0. The monoisotopic (exact) mass is 843 g/mol. The fourth-order valence-electron chi connectivity index (χ4n) is 6.70. The van der Waals surface area contributed by atoms with E-state index in [2.05, 4.69) is 88.6 Å². The summed E-state index contributed by atoms with van der Waals surface area (Å²) in [6.07, 6.45) is 1.84. The number of hydrogen-bond donors (Lipinski definition) is 0. The maximum atomic E-state index is 6.45. The predicted molar refractivity (Wildman–Crippen MR) is 196 cm³/mol. The molecular formula is C42H40N4O3Pt. The van der Waals surface area contributed by atoms with Crippen molar-refractivity contribution in [2.45, 2.75) is 55.4 Å². The van der Waals surface area contributed by atoms with Gasteiger partial charge in [0.15, 0.2) is 0 Å². The molecule has 0 bridgehead atoms. The van der Waals surface area contributed by atoms with Crippen LogP contribution in [0.4, 0.5) is 0 Å². The molecule has 0 amide bonds. The third kappa shape index (κ3) is 5.98. The molecule has 0 fully saturated rings. The molecule has 0 N–H and O–H groups in total. The summed E-state index contributed by atoms with van der Waals surface area (Å²) in [5.74, 6) is 3.06. The van der Waals surface area contributed by atoms with E-state index in [-0.39, 0.29) is 21.1 Å². The topological polar surface area (TPSA) is 63.3 Å². The number of rotatable bonds is 9. The zero-order chi connectivity index (χ0) is 34.4. The van der Waals surface area contributed by atoms with Crippen molar-refractivity contribution >= 4 is 21.8 Å². The van der Waals surface area contributed by atoms with Gasteiger partial charge in [-0.1, -0.05) is 23.7 Å². The van der Waals surface area contributed by atoms with Crippen LogP contribution in [-0.4, -0.2) is 32.5 Å². The summed E-state index contributed by atoms with van der Waals surface area (Å²) in [6, 6.07) is 29.2. The molecule has 256 valence electrons. The quantitative estimate of drug-likeness (QED) is 0.136. The first-order valence-electron chi connectivity index (χ1n) is 16.8. The van der Waals surface area contributed by atoms with Gasteiger partial charge < -0.3 is 18.8 Å². The second kappa shape index (κ2) is 14.2. The molecular weight excluding hydrogens is 804 g/mol. The molecule has 0 saturated carbocycles. The molecule has 7 aromatic rings. The van der Waals surface area contributed by atoms with Crippen LogP contribution in [0.5, 0.6) is 23.3 Å². The van der Waals surface area contributed by atoms with Gasteiger partial charge in [-0.2, -0.15) is 12.1 Å². The Morgan fingerprint density at radius 1 is 0.680 bits per heavy atom. The molecule has 50 heavy (non-hydrogen) atoms. The molecule has 0 aliphatic rings. The maximum absolute atomic E-state index is 6.45. The molecule has 0 radical (unpaired) electrons. The molecule has 0 spiro atoms. The third-order valence-corrected chi connectivity index (χ3v) is 9.51. The number of pyridine rings is 1. The van der Waals surface area contributed by atoms with Crippen LogP contribution in [0, 0.1) is 53.7 Å². The fraction of sp³-hybridized carbons (Fsp3) is 0.238. The first-order chi connectivity index (χ1) is 23.7. The molecule has 0 atom stereocenters. The van der Waals surface area contributed by atoms with Gasteiger partial charge in [0.2, 0.25) is 11.8 Å². The summed E-state index contributed by atoms with van der Waals surface area (Å²) in [6.45, 7) is 17.8. The number of aryl methyl sites for hydroxylation is 1. The largest absolute Gasteiger partial charge is 2.00 e. The fourth-order valence-corrected chi connectivity index (χ4v) is 6.70. The smallest absolute Gasteiger partial charge is 0.509 e. The second-order valence-electron chi connectivity index (χ2n) is 12.4. The van der Waals surface area contributed by atoms with E-state index in [1.54, 1.807) is 4.68 Å². The van der Waals surface area contributed by atoms with Gasteiger partial charge in [0.25, 0.3) is 0 Å². The molecule has 3 heterocycles. The second-order valence-corrected chi connectivity index (χ2v) is 12.4.